The minimum absolute atomic E-state index is 0.0579. The third-order valence-corrected chi connectivity index (χ3v) is 5.53. The Kier molecular flexibility index (Phi) is 8.12. The third-order valence-electron chi connectivity index (χ3n) is 5.53. The summed E-state index contributed by atoms with van der Waals surface area (Å²) >= 11 is 0. The maximum atomic E-state index is 12.5. The predicted molar refractivity (Wildman–Crippen MR) is 116 cm³/mol. The van der Waals surface area contributed by atoms with E-state index in [9.17, 15) is 9.59 Å². The van der Waals surface area contributed by atoms with E-state index in [1.54, 1.807) is 0 Å². The molecule has 6 nitrogen and oxygen atoms in total. The van der Waals surface area contributed by atoms with Crippen LogP contribution in [-0.4, -0.2) is 31.7 Å². The maximum absolute atomic E-state index is 12.5. The van der Waals surface area contributed by atoms with Crippen LogP contribution in [0.1, 0.15) is 78.8 Å². The van der Waals surface area contributed by atoms with Crippen molar-refractivity contribution in [2.24, 2.45) is 0 Å². The van der Waals surface area contributed by atoms with Crippen molar-refractivity contribution in [3.05, 3.63) is 71.6 Å². The van der Waals surface area contributed by atoms with Crippen LogP contribution in [0, 0.1) is 0 Å². The number of nitrogens with one attached hydrogen (secondary N) is 2. The highest BCUT2D eigenvalue weighted by atomic mass is 16.2. The van der Waals surface area contributed by atoms with Gasteiger partial charge < -0.3 is 4.98 Å². The summed E-state index contributed by atoms with van der Waals surface area (Å²) in [7, 11) is 0. The van der Waals surface area contributed by atoms with Gasteiger partial charge in [0.1, 0.15) is 6.33 Å². The summed E-state index contributed by atoms with van der Waals surface area (Å²) in [5.41, 5.74) is 3.38. The molecule has 1 aromatic carbocycles. The Bertz CT molecular complexity index is 916. The Labute approximate surface area is 177 Å². The largest absolute Gasteiger partial charge is 0.364 e. The van der Waals surface area contributed by atoms with Gasteiger partial charge in [0, 0.05) is 11.9 Å². The molecule has 0 amide bonds. The van der Waals surface area contributed by atoms with Crippen molar-refractivity contribution < 1.29 is 9.59 Å². The highest BCUT2D eigenvalue weighted by molar-refractivity contribution is 6.43. The van der Waals surface area contributed by atoms with E-state index in [0.717, 1.165) is 50.6 Å². The number of Topliss-reactive ketones (excluding diaryl/α,β-unsaturated/α-hetero) is 2. The smallest absolute Gasteiger partial charge is 0.267 e. The number of rotatable bonds is 13. The molecule has 30 heavy (non-hydrogen) atoms. The Balaban J connectivity index is 1.60. The minimum Gasteiger partial charge on any atom is -0.364 e. The monoisotopic (exact) mass is 406 g/mol. The van der Waals surface area contributed by atoms with Crippen LogP contribution < -0.4 is 0 Å². The number of carbonyl (C=O) groups is 2. The van der Waals surface area contributed by atoms with Crippen LogP contribution >= 0.6 is 0 Å². The van der Waals surface area contributed by atoms with Gasteiger partial charge in [0.15, 0.2) is 0 Å². The lowest BCUT2D eigenvalue weighted by atomic mass is 9.87. The molecule has 0 spiro atoms. The minimum atomic E-state index is -0.648. The molecule has 1 atom stereocenters. The summed E-state index contributed by atoms with van der Waals surface area (Å²) in [6.45, 7) is 2.20. The first-order valence-electron chi connectivity index (χ1n) is 10.8. The second-order valence-corrected chi connectivity index (χ2v) is 7.73. The molecule has 6 heteroatoms. The lowest BCUT2D eigenvalue weighted by Gasteiger charge is -2.18. The number of H-pyrrole nitrogens is 2. The van der Waals surface area contributed by atoms with E-state index in [4.69, 9.17) is 0 Å². The van der Waals surface area contributed by atoms with E-state index in [0.29, 0.717) is 5.92 Å². The topological polar surface area (TPSA) is 91.5 Å². The number of nitrogens with zero attached hydrogens (tertiary/aromatic N) is 2. The van der Waals surface area contributed by atoms with Gasteiger partial charge in [0.25, 0.3) is 5.78 Å². The van der Waals surface area contributed by atoms with Gasteiger partial charge in [0.2, 0.25) is 11.6 Å². The number of hydrogen-bond acceptors (Lipinski definition) is 4. The fourth-order valence-corrected chi connectivity index (χ4v) is 3.91. The van der Waals surface area contributed by atoms with Crippen LogP contribution in [0.15, 0.2) is 48.9 Å². The number of ketones is 2. The third kappa shape index (κ3) is 5.99. The molecule has 2 N–H and O–H groups in total. The Morgan fingerprint density at radius 1 is 1.03 bits per heavy atom. The molecule has 0 fully saturated rings. The molecule has 0 saturated carbocycles. The van der Waals surface area contributed by atoms with Crippen molar-refractivity contribution in [2.75, 3.05) is 0 Å². The van der Waals surface area contributed by atoms with Gasteiger partial charge in [-0.1, -0.05) is 56.5 Å². The highest BCUT2D eigenvalue weighted by Gasteiger charge is 2.23. The normalized spacial score (nSPS) is 12.0. The van der Waals surface area contributed by atoms with Crippen molar-refractivity contribution in [1.82, 2.24) is 20.2 Å². The molecule has 0 aliphatic carbocycles. The fourth-order valence-electron chi connectivity index (χ4n) is 3.91. The van der Waals surface area contributed by atoms with E-state index in [1.165, 1.54) is 17.5 Å². The van der Waals surface area contributed by atoms with Crippen LogP contribution in [0.3, 0.4) is 0 Å². The zero-order valence-electron chi connectivity index (χ0n) is 17.6. The van der Waals surface area contributed by atoms with Crippen LogP contribution in [0.2, 0.25) is 0 Å². The number of hydrogen-bond donors (Lipinski definition) is 2. The van der Waals surface area contributed by atoms with E-state index in [-0.39, 0.29) is 12.2 Å². The molecule has 0 aliphatic rings. The number of unbranched alkanes of at least 4 members (excludes halogenated alkanes) is 2. The first kappa shape index (κ1) is 21.7. The van der Waals surface area contributed by atoms with Crippen molar-refractivity contribution in [3.63, 3.8) is 0 Å². The van der Waals surface area contributed by atoms with Gasteiger partial charge in [-0.25, -0.2) is 4.98 Å². The van der Waals surface area contributed by atoms with Crippen LogP contribution in [-0.2, 0) is 17.6 Å². The van der Waals surface area contributed by atoms with Crippen molar-refractivity contribution in [3.8, 4) is 0 Å². The summed E-state index contributed by atoms with van der Waals surface area (Å²) in [5.74, 6) is -0.814. The quantitative estimate of drug-likeness (QED) is 0.242. The molecule has 2 aromatic heterocycles. The van der Waals surface area contributed by atoms with Gasteiger partial charge in [-0.3, -0.25) is 14.7 Å². The summed E-state index contributed by atoms with van der Waals surface area (Å²) in [4.78, 5) is 31.7. The van der Waals surface area contributed by atoms with Gasteiger partial charge >= 0.3 is 0 Å². The molecule has 0 bridgehead atoms. The first-order valence-corrected chi connectivity index (χ1v) is 10.8. The zero-order chi connectivity index (χ0) is 21.2. The Hall–Kier alpha value is -3.02. The number of carbonyl (C=O) groups excluding carboxylic acids is 2. The summed E-state index contributed by atoms with van der Waals surface area (Å²) < 4.78 is 0. The van der Waals surface area contributed by atoms with E-state index < -0.39 is 11.6 Å². The second-order valence-electron chi connectivity index (χ2n) is 7.73. The lowest BCUT2D eigenvalue weighted by Crippen LogP contribution is -2.19. The van der Waals surface area contributed by atoms with Crippen LogP contribution in [0.5, 0.6) is 0 Å². The Morgan fingerprint density at radius 3 is 2.57 bits per heavy atom. The molecule has 158 valence electrons. The predicted octanol–water partition coefficient (Wildman–Crippen LogP) is 4.81. The van der Waals surface area contributed by atoms with Crippen LogP contribution in [0.4, 0.5) is 0 Å². The van der Waals surface area contributed by atoms with Gasteiger partial charge in [-0.15, -0.1) is 5.10 Å². The summed E-state index contributed by atoms with van der Waals surface area (Å²) in [6, 6.07) is 12.6. The standard InChI is InChI=1S/C24H30N4O2/c1-2-3-12-19(13-8-7-11-18-9-5-4-6-10-18)20-14-15-25-21(20)16-22(29)23(30)24-26-17-27-28-24/h4-6,9-10,14-15,17,19,25H,2-3,7-8,11-13,16H2,1H3,(H,26,27,28). The molecule has 0 aliphatic heterocycles. The summed E-state index contributed by atoms with van der Waals surface area (Å²) in [6.07, 6.45) is 11.1. The zero-order valence-corrected chi connectivity index (χ0v) is 17.6. The van der Waals surface area contributed by atoms with Crippen LogP contribution in [0.25, 0.3) is 0 Å². The Morgan fingerprint density at radius 2 is 1.83 bits per heavy atom. The number of aromatic nitrogens is 4. The van der Waals surface area contributed by atoms with Crippen molar-refractivity contribution in [2.45, 2.75) is 64.2 Å². The molecule has 0 saturated heterocycles. The number of aryl methyl sites for hydroxylation is 1. The average molecular weight is 407 g/mol. The van der Waals surface area contributed by atoms with Gasteiger partial charge in [0.05, 0.1) is 6.42 Å². The molecule has 3 aromatic rings. The first-order chi connectivity index (χ1) is 14.7. The summed E-state index contributed by atoms with van der Waals surface area (Å²) in [5, 5.41) is 6.20. The molecule has 0 radical (unpaired) electrons. The molecule has 2 heterocycles. The SMILES string of the molecule is CCCCC(CCCCc1ccccc1)c1cc[nH]c1CC(=O)C(=O)c1nc[nH]n1. The van der Waals surface area contributed by atoms with Gasteiger partial charge in [-0.05, 0) is 48.8 Å². The number of benzene rings is 1. The number of aromatic amines is 2. The fraction of sp³-hybridized carbons (Fsp3) is 0.417. The van der Waals surface area contributed by atoms with Crippen molar-refractivity contribution >= 4 is 11.6 Å². The van der Waals surface area contributed by atoms with Gasteiger partial charge in [-0.2, -0.15) is 0 Å². The highest BCUT2D eigenvalue weighted by Crippen LogP contribution is 2.30. The van der Waals surface area contributed by atoms with E-state index in [1.807, 2.05) is 12.3 Å². The lowest BCUT2D eigenvalue weighted by molar-refractivity contribution is -0.114. The van der Waals surface area contributed by atoms with E-state index in [2.05, 4.69) is 57.4 Å². The molecular weight excluding hydrogens is 376 g/mol. The maximum Gasteiger partial charge on any atom is 0.267 e. The average Bonchev–Trinajstić information content (AvgIpc) is 3.46. The van der Waals surface area contributed by atoms with E-state index >= 15 is 0 Å². The molecule has 1 unspecified atom stereocenters. The molecular formula is C24H30N4O2. The van der Waals surface area contributed by atoms with Crippen molar-refractivity contribution in [1.29, 1.82) is 0 Å². The second kappa shape index (κ2) is 11.2. The molecule has 3 rings (SSSR count).